The number of hydrogen-bond donors (Lipinski definition) is 0. The van der Waals surface area contributed by atoms with Crippen LogP contribution in [0.25, 0.3) is 0 Å². The summed E-state index contributed by atoms with van der Waals surface area (Å²) in [4.78, 5) is 2.40. The number of nitrogens with zero attached hydrogens (tertiary/aromatic N) is 2. The van der Waals surface area contributed by atoms with Crippen LogP contribution in [0.15, 0.2) is 47.4 Å². The molecule has 1 saturated carbocycles. The number of benzene rings is 2. The van der Waals surface area contributed by atoms with Crippen LogP contribution >= 0.6 is 11.6 Å². The summed E-state index contributed by atoms with van der Waals surface area (Å²) in [5.41, 5.74) is 1.30. The van der Waals surface area contributed by atoms with E-state index in [0.717, 1.165) is 37.3 Å². The molecule has 2 aromatic carbocycles. The lowest BCUT2D eigenvalue weighted by Gasteiger charge is -2.37. The summed E-state index contributed by atoms with van der Waals surface area (Å²) in [6.07, 6.45) is 4.27. The number of sulfonamides is 1. The summed E-state index contributed by atoms with van der Waals surface area (Å²) >= 11 is 5.95. The second-order valence-corrected chi connectivity index (χ2v) is 11.0. The first-order valence-electron chi connectivity index (χ1n) is 10.7. The van der Waals surface area contributed by atoms with Crippen LogP contribution in [0.4, 0.5) is 4.39 Å². The Morgan fingerprint density at radius 3 is 2.45 bits per heavy atom. The molecule has 8 heteroatoms. The standard InChI is InChI=1S/C23H28ClFN2O3S/c1-26(31(28,29)23-9-6-19(25)14-22(23)24)15-18-12-21(13-18)30-20-7-4-17(5-8-20)16-27-10-2-3-11-27/h4-9,14,18,21H,2-3,10-13,15-16H2,1H3. The fourth-order valence-electron chi connectivity index (χ4n) is 4.30. The van der Waals surface area contributed by atoms with Crippen LogP contribution in [0.3, 0.4) is 0 Å². The number of rotatable bonds is 8. The molecule has 0 atom stereocenters. The van der Waals surface area contributed by atoms with Gasteiger partial charge in [-0.15, -0.1) is 0 Å². The third-order valence-corrected chi connectivity index (χ3v) is 8.43. The highest BCUT2D eigenvalue weighted by Gasteiger charge is 2.35. The Hall–Kier alpha value is -1.67. The summed E-state index contributed by atoms with van der Waals surface area (Å²) in [5, 5.41) is -0.102. The van der Waals surface area contributed by atoms with Gasteiger partial charge in [0, 0.05) is 20.1 Å². The van der Waals surface area contributed by atoms with Crippen LogP contribution in [0, 0.1) is 11.7 Å². The van der Waals surface area contributed by atoms with Gasteiger partial charge in [-0.25, -0.2) is 17.1 Å². The molecule has 1 saturated heterocycles. The first-order valence-corrected chi connectivity index (χ1v) is 12.5. The van der Waals surface area contributed by atoms with Gasteiger partial charge in [0.15, 0.2) is 0 Å². The van der Waals surface area contributed by atoms with Gasteiger partial charge in [-0.2, -0.15) is 0 Å². The van der Waals surface area contributed by atoms with Gasteiger partial charge in [-0.3, -0.25) is 4.90 Å². The van der Waals surface area contributed by atoms with E-state index in [9.17, 15) is 12.8 Å². The van der Waals surface area contributed by atoms with Crippen LogP contribution in [0.2, 0.25) is 5.02 Å². The molecule has 5 nitrogen and oxygen atoms in total. The third-order valence-electron chi connectivity index (χ3n) is 6.12. The van der Waals surface area contributed by atoms with Crippen molar-refractivity contribution in [1.82, 2.24) is 9.21 Å². The Morgan fingerprint density at radius 2 is 1.81 bits per heavy atom. The van der Waals surface area contributed by atoms with Crippen molar-refractivity contribution in [3.63, 3.8) is 0 Å². The molecule has 2 aliphatic rings. The molecule has 0 amide bonds. The zero-order valence-corrected chi connectivity index (χ0v) is 19.2. The SMILES string of the molecule is CN(CC1CC(Oc2ccc(CN3CCCC3)cc2)C1)S(=O)(=O)c1ccc(F)cc1Cl. The first kappa shape index (κ1) is 22.5. The molecule has 0 aromatic heterocycles. The number of halogens is 2. The lowest BCUT2D eigenvalue weighted by molar-refractivity contribution is 0.0575. The summed E-state index contributed by atoms with van der Waals surface area (Å²) in [7, 11) is -2.23. The Bertz CT molecular complexity index is 1000. The summed E-state index contributed by atoms with van der Waals surface area (Å²) in [5.74, 6) is 0.515. The van der Waals surface area contributed by atoms with Crippen molar-refractivity contribution in [2.75, 3.05) is 26.7 Å². The Kier molecular flexibility index (Phi) is 6.86. The Labute approximate surface area is 188 Å². The molecule has 0 bridgehead atoms. The highest BCUT2D eigenvalue weighted by molar-refractivity contribution is 7.89. The van der Waals surface area contributed by atoms with E-state index in [1.807, 2.05) is 12.1 Å². The van der Waals surface area contributed by atoms with Crippen LogP contribution in [-0.4, -0.2) is 50.4 Å². The topological polar surface area (TPSA) is 49.9 Å². The zero-order chi connectivity index (χ0) is 22.0. The van der Waals surface area contributed by atoms with Crippen molar-refractivity contribution in [2.24, 2.45) is 5.92 Å². The molecule has 0 radical (unpaired) electrons. The molecule has 2 fully saturated rings. The Morgan fingerprint density at radius 1 is 1.13 bits per heavy atom. The van der Waals surface area contributed by atoms with E-state index in [1.165, 1.54) is 48.9 Å². The molecule has 4 rings (SSSR count). The van der Waals surface area contributed by atoms with Crippen molar-refractivity contribution in [3.05, 3.63) is 58.9 Å². The minimum atomic E-state index is -3.76. The molecule has 1 aliphatic heterocycles. The number of ether oxygens (including phenoxy) is 1. The van der Waals surface area contributed by atoms with Crippen molar-refractivity contribution >= 4 is 21.6 Å². The molecular formula is C23H28ClFN2O3S. The molecule has 31 heavy (non-hydrogen) atoms. The summed E-state index contributed by atoms with van der Waals surface area (Å²) in [6, 6.07) is 11.6. The largest absolute Gasteiger partial charge is 0.490 e. The van der Waals surface area contributed by atoms with E-state index in [-0.39, 0.29) is 21.9 Å². The molecule has 0 spiro atoms. The molecule has 2 aromatic rings. The maximum atomic E-state index is 13.2. The maximum absolute atomic E-state index is 13.2. The van der Waals surface area contributed by atoms with Gasteiger partial charge in [-0.1, -0.05) is 23.7 Å². The summed E-state index contributed by atoms with van der Waals surface area (Å²) < 4.78 is 46.1. The third kappa shape index (κ3) is 5.40. The van der Waals surface area contributed by atoms with E-state index in [2.05, 4.69) is 17.0 Å². The van der Waals surface area contributed by atoms with Gasteiger partial charge in [0.05, 0.1) is 11.1 Å². The lowest BCUT2D eigenvalue weighted by Crippen LogP contribution is -2.41. The van der Waals surface area contributed by atoms with Gasteiger partial charge >= 0.3 is 0 Å². The monoisotopic (exact) mass is 466 g/mol. The zero-order valence-electron chi connectivity index (χ0n) is 17.6. The molecular weight excluding hydrogens is 439 g/mol. The Balaban J connectivity index is 1.25. The van der Waals surface area contributed by atoms with Crippen molar-refractivity contribution in [2.45, 2.75) is 43.2 Å². The lowest BCUT2D eigenvalue weighted by atomic mass is 9.82. The smallest absolute Gasteiger partial charge is 0.244 e. The first-order chi connectivity index (χ1) is 14.8. The minimum absolute atomic E-state index is 0.0702. The average Bonchev–Trinajstić information content (AvgIpc) is 3.20. The second kappa shape index (κ2) is 9.45. The van der Waals surface area contributed by atoms with Gasteiger partial charge < -0.3 is 4.74 Å². The molecule has 168 valence electrons. The predicted molar refractivity (Wildman–Crippen MR) is 119 cm³/mol. The average molecular weight is 467 g/mol. The quantitative estimate of drug-likeness (QED) is 0.572. The molecule has 0 N–H and O–H groups in total. The van der Waals surface area contributed by atoms with Crippen LogP contribution in [-0.2, 0) is 16.6 Å². The summed E-state index contributed by atoms with van der Waals surface area (Å²) in [6.45, 7) is 3.73. The highest BCUT2D eigenvalue weighted by Crippen LogP contribution is 2.34. The van der Waals surface area contributed by atoms with Gasteiger partial charge in [0.25, 0.3) is 0 Å². The van der Waals surface area contributed by atoms with Crippen molar-refractivity contribution < 1.29 is 17.5 Å². The van der Waals surface area contributed by atoms with Gasteiger partial charge in [-0.05, 0) is 80.6 Å². The number of likely N-dealkylation sites (tertiary alicyclic amines) is 1. The normalized spacial score (nSPS) is 21.9. The van der Waals surface area contributed by atoms with E-state index < -0.39 is 15.8 Å². The molecule has 1 heterocycles. The van der Waals surface area contributed by atoms with Crippen molar-refractivity contribution in [3.8, 4) is 5.75 Å². The second-order valence-electron chi connectivity index (χ2n) is 8.56. The fourth-order valence-corrected chi connectivity index (χ4v) is 6.05. The van der Waals surface area contributed by atoms with Crippen LogP contribution in [0.1, 0.15) is 31.2 Å². The maximum Gasteiger partial charge on any atom is 0.244 e. The van der Waals surface area contributed by atoms with Crippen LogP contribution < -0.4 is 4.74 Å². The molecule has 0 unspecified atom stereocenters. The van der Waals surface area contributed by atoms with Crippen molar-refractivity contribution in [1.29, 1.82) is 0 Å². The van der Waals surface area contributed by atoms with E-state index >= 15 is 0 Å². The number of hydrogen-bond acceptors (Lipinski definition) is 4. The fraction of sp³-hybridized carbons (Fsp3) is 0.478. The van der Waals surface area contributed by atoms with E-state index in [0.29, 0.717) is 6.54 Å². The van der Waals surface area contributed by atoms with E-state index in [1.54, 1.807) is 0 Å². The van der Waals surface area contributed by atoms with Crippen LogP contribution in [0.5, 0.6) is 5.75 Å². The minimum Gasteiger partial charge on any atom is -0.490 e. The predicted octanol–water partition coefficient (Wildman–Crippen LogP) is 4.55. The van der Waals surface area contributed by atoms with Gasteiger partial charge in [0.1, 0.15) is 16.5 Å². The molecule has 1 aliphatic carbocycles. The van der Waals surface area contributed by atoms with E-state index in [4.69, 9.17) is 16.3 Å². The van der Waals surface area contributed by atoms with Gasteiger partial charge in [0.2, 0.25) is 10.0 Å². The highest BCUT2D eigenvalue weighted by atomic mass is 35.5.